The second kappa shape index (κ2) is 8.17. The molecule has 1 saturated carbocycles. The van der Waals surface area contributed by atoms with Crippen LogP contribution < -0.4 is 0 Å². The van der Waals surface area contributed by atoms with Crippen LogP contribution in [0.25, 0.3) is 0 Å². The summed E-state index contributed by atoms with van der Waals surface area (Å²) in [6.45, 7) is 8.23. The van der Waals surface area contributed by atoms with Crippen LogP contribution in [0.5, 0.6) is 0 Å². The Labute approximate surface area is 161 Å². The lowest BCUT2D eigenvalue weighted by Crippen LogP contribution is -2.36. The second-order valence-electron chi connectivity index (χ2n) is 8.75. The van der Waals surface area contributed by atoms with E-state index in [2.05, 4.69) is 26.8 Å². The Hall–Kier alpha value is -1.62. The lowest BCUT2D eigenvalue weighted by molar-refractivity contribution is -0.143. The first-order valence-corrected chi connectivity index (χ1v) is 10.1. The van der Waals surface area contributed by atoms with E-state index in [4.69, 9.17) is 9.47 Å². The van der Waals surface area contributed by atoms with E-state index >= 15 is 0 Å². The van der Waals surface area contributed by atoms with E-state index in [0.717, 1.165) is 36.8 Å². The average molecular weight is 376 g/mol. The smallest absolute Gasteiger partial charge is 0.334 e. The maximum absolute atomic E-state index is 12.4. The molecule has 1 unspecified atom stereocenters. The van der Waals surface area contributed by atoms with Crippen LogP contribution in [-0.2, 0) is 19.1 Å². The number of aliphatic hydroxyl groups is 1. The molecule has 2 aliphatic carbocycles. The summed E-state index contributed by atoms with van der Waals surface area (Å²) >= 11 is 0. The number of hydrogen-bond donors (Lipinski definition) is 1. The van der Waals surface area contributed by atoms with Gasteiger partial charge in [-0.25, -0.2) is 4.79 Å². The van der Waals surface area contributed by atoms with Crippen LogP contribution in [0, 0.1) is 29.6 Å². The highest BCUT2D eigenvalue weighted by Gasteiger charge is 2.53. The molecule has 27 heavy (non-hydrogen) atoms. The third-order valence-electron chi connectivity index (χ3n) is 6.39. The molecular weight excluding hydrogens is 344 g/mol. The molecule has 1 N–H and O–H groups in total. The molecule has 0 aromatic carbocycles. The maximum atomic E-state index is 12.4. The first-order valence-electron chi connectivity index (χ1n) is 10.1. The number of fused-ring (bicyclic) bond motifs is 2. The van der Waals surface area contributed by atoms with Gasteiger partial charge in [-0.3, -0.25) is 4.79 Å². The van der Waals surface area contributed by atoms with Gasteiger partial charge in [-0.05, 0) is 62.9 Å². The Morgan fingerprint density at radius 3 is 2.74 bits per heavy atom. The molecule has 3 rings (SSSR count). The fourth-order valence-electron chi connectivity index (χ4n) is 4.98. The second-order valence-corrected chi connectivity index (χ2v) is 8.75. The van der Waals surface area contributed by atoms with E-state index in [1.54, 1.807) is 0 Å². The predicted molar refractivity (Wildman–Crippen MR) is 102 cm³/mol. The molecule has 0 bridgehead atoms. The lowest BCUT2D eigenvalue weighted by atomic mass is 9.73. The summed E-state index contributed by atoms with van der Waals surface area (Å²) in [7, 11) is 0. The molecule has 1 heterocycles. The van der Waals surface area contributed by atoms with Crippen LogP contribution in [0.2, 0.25) is 0 Å². The van der Waals surface area contributed by atoms with Crippen molar-refractivity contribution in [2.24, 2.45) is 29.6 Å². The minimum absolute atomic E-state index is 0.0264. The molecule has 5 nitrogen and oxygen atoms in total. The van der Waals surface area contributed by atoms with Crippen molar-refractivity contribution in [2.45, 2.75) is 59.5 Å². The van der Waals surface area contributed by atoms with Crippen molar-refractivity contribution < 1.29 is 24.2 Å². The number of rotatable bonds is 6. The zero-order valence-electron chi connectivity index (χ0n) is 16.9. The van der Waals surface area contributed by atoms with Crippen LogP contribution in [0.4, 0.5) is 0 Å². The van der Waals surface area contributed by atoms with Crippen molar-refractivity contribution in [1.29, 1.82) is 0 Å². The van der Waals surface area contributed by atoms with Gasteiger partial charge in [0.1, 0.15) is 6.61 Å². The first-order chi connectivity index (χ1) is 12.8. The number of aliphatic hydroxyl groups excluding tert-OH is 1. The van der Waals surface area contributed by atoms with Crippen LogP contribution in [0.15, 0.2) is 22.8 Å². The van der Waals surface area contributed by atoms with Gasteiger partial charge in [0, 0.05) is 24.3 Å². The highest BCUT2D eigenvalue weighted by Crippen LogP contribution is 2.55. The molecular formula is C22H32O5. The van der Waals surface area contributed by atoms with Crippen molar-refractivity contribution in [1.82, 2.24) is 0 Å². The largest absolute Gasteiger partial charge is 0.466 e. The third kappa shape index (κ3) is 4.45. The van der Waals surface area contributed by atoms with Gasteiger partial charge >= 0.3 is 11.9 Å². The number of cyclic esters (lactones) is 1. The van der Waals surface area contributed by atoms with Crippen molar-refractivity contribution in [3.63, 3.8) is 0 Å². The Bertz CT molecular complexity index is 658. The number of carbonyl (C=O) groups is 2. The highest BCUT2D eigenvalue weighted by atomic mass is 16.5. The van der Waals surface area contributed by atoms with E-state index in [1.807, 2.05) is 0 Å². The van der Waals surface area contributed by atoms with Crippen molar-refractivity contribution in [3.05, 3.63) is 22.8 Å². The normalized spacial score (nSPS) is 33.2. The SMILES string of the molecule is CC(=O)OCC(CCC=C(C)C)[C@@H]1C2=C(C(=O)OC2)[C@@H]2C[C@@H]2[C@@H](C)C[C@@H]1O. The zero-order valence-corrected chi connectivity index (χ0v) is 16.9. The van der Waals surface area contributed by atoms with Crippen molar-refractivity contribution in [2.75, 3.05) is 13.2 Å². The molecule has 0 spiro atoms. The summed E-state index contributed by atoms with van der Waals surface area (Å²) in [5.41, 5.74) is 3.01. The van der Waals surface area contributed by atoms with Gasteiger partial charge < -0.3 is 14.6 Å². The van der Waals surface area contributed by atoms with Crippen LogP contribution in [0.1, 0.15) is 53.4 Å². The molecule has 3 aliphatic rings. The molecule has 150 valence electrons. The van der Waals surface area contributed by atoms with Crippen LogP contribution in [-0.4, -0.2) is 36.4 Å². The van der Waals surface area contributed by atoms with Gasteiger partial charge in [0.05, 0.1) is 12.7 Å². The topological polar surface area (TPSA) is 72.8 Å². The highest BCUT2D eigenvalue weighted by molar-refractivity contribution is 5.93. The predicted octanol–water partition coefficient (Wildman–Crippen LogP) is 3.42. The van der Waals surface area contributed by atoms with E-state index < -0.39 is 6.10 Å². The van der Waals surface area contributed by atoms with E-state index in [9.17, 15) is 14.7 Å². The quantitative estimate of drug-likeness (QED) is 0.568. The maximum Gasteiger partial charge on any atom is 0.334 e. The van der Waals surface area contributed by atoms with Gasteiger partial charge in [0.25, 0.3) is 0 Å². The van der Waals surface area contributed by atoms with Crippen LogP contribution in [0.3, 0.4) is 0 Å². The van der Waals surface area contributed by atoms with Gasteiger partial charge in [-0.15, -0.1) is 0 Å². The molecule has 6 atom stereocenters. The van der Waals surface area contributed by atoms with Gasteiger partial charge in [-0.2, -0.15) is 0 Å². The Morgan fingerprint density at radius 1 is 1.33 bits per heavy atom. The third-order valence-corrected chi connectivity index (χ3v) is 6.39. The first kappa shape index (κ1) is 20.1. The van der Waals surface area contributed by atoms with Gasteiger partial charge in [0.15, 0.2) is 0 Å². The molecule has 1 fully saturated rings. The zero-order chi connectivity index (χ0) is 19.7. The molecule has 0 amide bonds. The minimum Gasteiger partial charge on any atom is -0.466 e. The summed E-state index contributed by atoms with van der Waals surface area (Å²) in [5, 5.41) is 11.1. The number of esters is 2. The van der Waals surface area contributed by atoms with Crippen LogP contribution >= 0.6 is 0 Å². The van der Waals surface area contributed by atoms with Crippen molar-refractivity contribution in [3.8, 4) is 0 Å². The molecule has 0 aromatic heterocycles. The Morgan fingerprint density at radius 2 is 2.07 bits per heavy atom. The fourth-order valence-corrected chi connectivity index (χ4v) is 4.98. The van der Waals surface area contributed by atoms with Gasteiger partial charge in [-0.1, -0.05) is 18.6 Å². The number of allylic oxidation sites excluding steroid dienone is 2. The molecule has 1 aliphatic heterocycles. The fraction of sp³-hybridized carbons (Fsp3) is 0.727. The number of hydrogen-bond acceptors (Lipinski definition) is 5. The molecule has 5 heteroatoms. The monoisotopic (exact) mass is 376 g/mol. The van der Waals surface area contributed by atoms with E-state index in [0.29, 0.717) is 11.8 Å². The number of ether oxygens (including phenoxy) is 2. The summed E-state index contributed by atoms with van der Waals surface area (Å²) < 4.78 is 10.8. The summed E-state index contributed by atoms with van der Waals surface area (Å²) in [6.07, 6.45) is 5.01. The van der Waals surface area contributed by atoms with E-state index in [-0.39, 0.29) is 42.9 Å². The molecule has 0 saturated heterocycles. The standard InChI is InChI=1S/C22H32O5/c1-12(2)6-5-7-15(10-26-14(4)23)20-18-11-27-22(25)21(18)17-9-16(17)13(3)8-19(20)24/h6,13,15-17,19-20,24H,5,7-11H2,1-4H3/t13-,15?,16+,17+,19-,20+/m0/s1. The molecule has 0 aromatic rings. The average Bonchev–Trinajstić information content (AvgIpc) is 3.27. The van der Waals surface area contributed by atoms with Crippen molar-refractivity contribution >= 4 is 11.9 Å². The van der Waals surface area contributed by atoms with Gasteiger partial charge in [0.2, 0.25) is 0 Å². The molecule has 0 radical (unpaired) electrons. The Kier molecular flexibility index (Phi) is 6.09. The summed E-state index contributed by atoms with van der Waals surface area (Å²) in [5.74, 6) is 0.399. The number of carbonyl (C=O) groups excluding carboxylic acids is 2. The Balaban J connectivity index is 1.91. The van der Waals surface area contributed by atoms with E-state index in [1.165, 1.54) is 12.5 Å². The minimum atomic E-state index is -0.548. The summed E-state index contributed by atoms with van der Waals surface area (Å²) in [4.78, 5) is 23.8. The summed E-state index contributed by atoms with van der Waals surface area (Å²) in [6, 6.07) is 0. The lowest BCUT2D eigenvalue weighted by Gasteiger charge is -2.34.